The van der Waals surface area contributed by atoms with E-state index >= 15 is 0 Å². The number of rotatable bonds is 3. The molecule has 6 nitrogen and oxygen atoms in total. The number of nitrogens with two attached hydrogens (primary N) is 2. The molecule has 0 radical (unpaired) electrons. The standard InChI is InChI=1S/C15H23N3O3S.ClH/c1-9-4-13(6-14(11(9)3)22(17,20)21)15(19)18-8-12(7-16)5-10(18)2;/h4,6,10,12H,5,7-8,16H2,1-3H3,(H2,17,20,21);1H. The van der Waals surface area contributed by atoms with Crippen molar-refractivity contribution >= 4 is 28.3 Å². The highest BCUT2D eigenvalue weighted by molar-refractivity contribution is 7.89. The minimum atomic E-state index is -3.86. The molecule has 0 aromatic heterocycles. The molecule has 0 aliphatic carbocycles. The van der Waals surface area contributed by atoms with Crippen LogP contribution in [0.15, 0.2) is 17.0 Å². The van der Waals surface area contributed by atoms with Crippen molar-refractivity contribution in [2.24, 2.45) is 16.8 Å². The number of nitrogens with zero attached hydrogens (tertiary/aromatic N) is 1. The van der Waals surface area contributed by atoms with Crippen LogP contribution in [0.3, 0.4) is 0 Å². The molecule has 1 fully saturated rings. The molecule has 0 bridgehead atoms. The SMILES string of the molecule is Cc1cc(C(=O)N2CC(CN)CC2C)cc(S(N)(=O)=O)c1C.Cl. The maximum absolute atomic E-state index is 12.7. The Morgan fingerprint density at radius 3 is 2.43 bits per heavy atom. The number of hydrogen-bond donors (Lipinski definition) is 2. The third kappa shape index (κ3) is 4.03. The van der Waals surface area contributed by atoms with Crippen LogP contribution in [-0.2, 0) is 10.0 Å². The molecular weight excluding hydrogens is 338 g/mol. The lowest BCUT2D eigenvalue weighted by Gasteiger charge is -2.22. The number of likely N-dealkylation sites (tertiary alicyclic amines) is 1. The summed E-state index contributed by atoms with van der Waals surface area (Å²) in [6, 6.07) is 3.19. The van der Waals surface area contributed by atoms with Crippen LogP contribution < -0.4 is 10.9 Å². The molecule has 1 amide bonds. The van der Waals surface area contributed by atoms with Crippen molar-refractivity contribution in [2.75, 3.05) is 13.1 Å². The largest absolute Gasteiger partial charge is 0.336 e. The van der Waals surface area contributed by atoms with Crippen molar-refractivity contribution in [2.45, 2.75) is 38.1 Å². The van der Waals surface area contributed by atoms with E-state index in [-0.39, 0.29) is 29.3 Å². The van der Waals surface area contributed by atoms with Crippen LogP contribution in [0.4, 0.5) is 0 Å². The van der Waals surface area contributed by atoms with Gasteiger partial charge in [0.25, 0.3) is 5.91 Å². The molecule has 1 aromatic rings. The van der Waals surface area contributed by atoms with E-state index in [0.29, 0.717) is 30.1 Å². The van der Waals surface area contributed by atoms with Gasteiger partial charge < -0.3 is 10.6 Å². The lowest BCUT2D eigenvalue weighted by molar-refractivity contribution is 0.0743. The van der Waals surface area contributed by atoms with Crippen LogP contribution in [0.5, 0.6) is 0 Å². The number of primary sulfonamides is 1. The summed E-state index contributed by atoms with van der Waals surface area (Å²) in [7, 11) is -3.86. The van der Waals surface area contributed by atoms with Crippen LogP contribution in [-0.4, -0.2) is 38.4 Å². The Morgan fingerprint density at radius 1 is 1.35 bits per heavy atom. The molecule has 1 saturated heterocycles. The van der Waals surface area contributed by atoms with Gasteiger partial charge in [0, 0.05) is 18.2 Å². The van der Waals surface area contributed by atoms with E-state index in [9.17, 15) is 13.2 Å². The highest BCUT2D eigenvalue weighted by Gasteiger charge is 2.32. The molecule has 2 rings (SSSR count). The van der Waals surface area contributed by atoms with Crippen molar-refractivity contribution in [3.8, 4) is 0 Å². The van der Waals surface area contributed by atoms with Gasteiger partial charge >= 0.3 is 0 Å². The van der Waals surface area contributed by atoms with Crippen molar-refractivity contribution in [1.82, 2.24) is 4.90 Å². The molecule has 0 spiro atoms. The first-order valence-corrected chi connectivity index (χ1v) is 8.84. The summed E-state index contributed by atoms with van der Waals surface area (Å²) >= 11 is 0. The average Bonchev–Trinajstić information content (AvgIpc) is 2.80. The number of carbonyl (C=O) groups excluding carboxylic acids is 1. The van der Waals surface area contributed by atoms with Gasteiger partial charge in [-0.3, -0.25) is 4.79 Å². The first-order valence-electron chi connectivity index (χ1n) is 7.30. The first kappa shape index (κ1) is 19.9. The first-order chi connectivity index (χ1) is 10.1. The summed E-state index contributed by atoms with van der Waals surface area (Å²) in [4.78, 5) is 14.5. The Labute approximate surface area is 143 Å². The van der Waals surface area contributed by atoms with Gasteiger partial charge in [0.05, 0.1) is 4.90 Å². The van der Waals surface area contributed by atoms with Gasteiger partial charge in [0.2, 0.25) is 10.0 Å². The molecule has 1 heterocycles. The maximum Gasteiger partial charge on any atom is 0.254 e. The summed E-state index contributed by atoms with van der Waals surface area (Å²) in [5.74, 6) is 0.125. The number of halogens is 1. The molecule has 1 aliphatic rings. The Balaban J connectivity index is 0.00000264. The molecule has 0 saturated carbocycles. The Kier molecular flexibility index (Phi) is 6.20. The summed E-state index contributed by atoms with van der Waals surface area (Å²) in [5.41, 5.74) is 7.36. The van der Waals surface area contributed by atoms with Crippen LogP contribution in [0.2, 0.25) is 0 Å². The maximum atomic E-state index is 12.7. The third-order valence-corrected chi connectivity index (χ3v) is 5.47. The molecule has 2 atom stereocenters. The lowest BCUT2D eigenvalue weighted by atomic mass is 10.0. The normalized spacial score (nSPS) is 21.2. The number of aryl methyl sites for hydroxylation is 1. The zero-order valence-electron chi connectivity index (χ0n) is 13.6. The Hall–Kier alpha value is -1.15. The second kappa shape index (κ2) is 7.17. The van der Waals surface area contributed by atoms with Crippen molar-refractivity contribution in [3.05, 3.63) is 28.8 Å². The van der Waals surface area contributed by atoms with Crippen LogP contribution in [0.1, 0.15) is 34.8 Å². The second-order valence-electron chi connectivity index (χ2n) is 6.11. The van der Waals surface area contributed by atoms with Crippen molar-refractivity contribution in [3.63, 3.8) is 0 Å². The smallest absolute Gasteiger partial charge is 0.254 e. The minimum absolute atomic E-state index is 0. The molecule has 130 valence electrons. The second-order valence-corrected chi connectivity index (χ2v) is 7.64. The van der Waals surface area contributed by atoms with Crippen LogP contribution in [0.25, 0.3) is 0 Å². The van der Waals surface area contributed by atoms with E-state index in [2.05, 4.69) is 0 Å². The number of sulfonamides is 1. The topological polar surface area (TPSA) is 106 Å². The monoisotopic (exact) mass is 361 g/mol. The molecular formula is C15H24ClN3O3S. The van der Waals surface area contributed by atoms with E-state index in [0.717, 1.165) is 12.0 Å². The van der Waals surface area contributed by atoms with E-state index < -0.39 is 10.0 Å². The van der Waals surface area contributed by atoms with Crippen LogP contribution in [0, 0.1) is 19.8 Å². The highest BCUT2D eigenvalue weighted by atomic mass is 35.5. The van der Waals surface area contributed by atoms with Gasteiger partial charge in [-0.25, -0.2) is 13.6 Å². The van der Waals surface area contributed by atoms with Gasteiger partial charge in [-0.1, -0.05) is 0 Å². The van der Waals surface area contributed by atoms with Gasteiger partial charge in [0.1, 0.15) is 0 Å². The average molecular weight is 362 g/mol. The molecule has 1 aliphatic heterocycles. The molecule has 1 aromatic carbocycles. The fraction of sp³-hybridized carbons (Fsp3) is 0.533. The van der Waals surface area contributed by atoms with E-state index in [4.69, 9.17) is 10.9 Å². The highest BCUT2D eigenvalue weighted by Crippen LogP contribution is 2.26. The lowest BCUT2D eigenvalue weighted by Crippen LogP contribution is -2.34. The van der Waals surface area contributed by atoms with Gasteiger partial charge in [0.15, 0.2) is 0 Å². The van der Waals surface area contributed by atoms with E-state index in [1.807, 2.05) is 6.92 Å². The molecule has 23 heavy (non-hydrogen) atoms. The fourth-order valence-electron chi connectivity index (χ4n) is 3.01. The fourth-order valence-corrected chi connectivity index (χ4v) is 3.89. The summed E-state index contributed by atoms with van der Waals surface area (Å²) in [5, 5.41) is 5.25. The summed E-state index contributed by atoms with van der Waals surface area (Å²) < 4.78 is 23.4. The zero-order chi connectivity index (χ0) is 16.7. The number of benzene rings is 1. The van der Waals surface area contributed by atoms with E-state index in [1.54, 1.807) is 24.8 Å². The third-order valence-electron chi connectivity index (χ3n) is 4.43. The zero-order valence-corrected chi connectivity index (χ0v) is 15.2. The van der Waals surface area contributed by atoms with Crippen LogP contribution >= 0.6 is 12.4 Å². The summed E-state index contributed by atoms with van der Waals surface area (Å²) in [6.45, 7) is 6.59. The Bertz CT molecular complexity index is 706. The van der Waals surface area contributed by atoms with Gasteiger partial charge in [-0.2, -0.15) is 0 Å². The summed E-state index contributed by atoms with van der Waals surface area (Å²) in [6.07, 6.45) is 0.870. The molecule has 4 N–H and O–H groups in total. The molecule has 8 heteroatoms. The number of hydrogen-bond acceptors (Lipinski definition) is 4. The van der Waals surface area contributed by atoms with Crippen molar-refractivity contribution < 1.29 is 13.2 Å². The number of carbonyl (C=O) groups is 1. The minimum Gasteiger partial charge on any atom is -0.336 e. The van der Waals surface area contributed by atoms with Crippen molar-refractivity contribution in [1.29, 1.82) is 0 Å². The van der Waals surface area contributed by atoms with Gasteiger partial charge in [-0.05, 0) is 62.9 Å². The Morgan fingerprint density at radius 2 is 1.96 bits per heavy atom. The molecule has 2 unspecified atom stereocenters. The predicted octanol–water partition coefficient (Wildman–Crippen LogP) is 1.18. The number of amides is 1. The van der Waals surface area contributed by atoms with E-state index in [1.165, 1.54) is 6.07 Å². The predicted molar refractivity (Wildman–Crippen MR) is 92.2 cm³/mol. The quantitative estimate of drug-likeness (QED) is 0.842. The van der Waals surface area contributed by atoms with Gasteiger partial charge in [-0.15, -0.1) is 12.4 Å².